The Bertz CT molecular complexity index is 335. The highest BCUT2D eigenvalue weighted by molar-refractivity contribution is 5.76. The molecule has 0 aromatic heterocycles. The molecule has 0 aliphatic carbocycles. The highest BCUT2D eigenvalue weighted by Gasteiger charge is 2.27. The molecule has 1 aliphatic rings. The van der Waals surface area contributed by atoms with Gasteiger partial charge >= 0.3 is 12.0 Å². The lowest BCUT2D eigenvalue weighted by Gasteiger charge is -2.35. The number of rotatable bonds is 6. The van der Waals surface area contributed by atoms with E-state index in [2.05, 4.69) is 6.92 Å². The molecule has 1 fully saturated rings. The molecule has 1 N–H and O–H groups in total. The van der Waals surface area contributed by atoms with Crippen LogP contribution >= 0.6 is 0 Å². The van der Waals surface area contributed by atoms with Crippen molar-refractivity contribution >= 4 is 12.0 Å². The number of amides is 2. The summed E-state index contributed by atoms with van der Waals surface area (Å²) in [7, 11) is 1.65. The van der Waals surface area contributed by atoms with Crippen molar-refractivity contribution < 1.29 is 19.4 Å². The van der Waals surface area contributed by atoms with Gasteiger partial charge in [-0.1, -0.05) is 13.8 Å². The third-order valence-corrected chi connectivity index (χ3v) is 3.50. The Morgan fingerprint density at radius 2 is 2.20 bits per heavy atom. The maximum atomic E-state index is 12.3. The van der Waals surface area contributed by atoms with Crippen molar-refractivity contribution in [1.82, 2.24) is 9.80 Å². The minimum Gasteiger partial charge on any atom is -0.481 e. The predicted molar refractivity (Wildman–Crippen MR) is 75.7 cm³/mol. The summed E-state index contributed by atoms with van der Waals surface area (Å²) in [4.78, 5) is 26.4. The molecule has 2 amide bonds. The van der Waals surface area contributed by atoms with Crippen molar-refractivity contribution in [2.45, 2.75) is 39.2 Å². The number of aliphatic carboxylic acids is 1. The molecule has 0 aromatic carbocycles. The van der Waals surface area contributed by atoms with Crippen molar-refractivity contribution in [3.63, 3.8) is 0 Å². The van der Waals surface area contributed by atoms with Crippen molar-refractivity contribution in [1.29, 1.82) is 0 Å². The van der Waals surface area contributed by atoms with Crippen LogP contribution in [0.2, 0.25) is 0 Å². The van der Waals surface area contributed by atoms with Crippen LogP contribution in [0.15, 0.2) is 0 Å². The van der Waals surface area contributed by atoms with Crippen LogP contribution in [0.5, 0.6) is 0 Å². The predicted octanol–water partition coefficient (Wildman–Crippen LogP) is 1.65. The van der Waals surface area contributed by atoms with E-state index in [1.54, 1.807) is 18.9 Å². The summed E-state index contributed by atoms with van der Waals surface area (Å²) in [5.74, 6) is -1.44. The van der Waals surface area contributed by atoms with E-state index in [0.717, 1.165) is 32.4 Å². The first kappa shape index (κ1) is 16.8. The highest BCUT2D eigenvalue weighted by atomic mass is 16.5. The molecule has 0 radical (unpaired) electrons. The molecule has 2 unspecified atom stereocenters. The first-order chi connectivity index (χ1) is 9.45. The molecule has 1 aliphatic heterocycles. The number of carboxylic acid groups (broad SMARTS) is 1. The Balaban J connectivity index is 2.47. The van der Waals surface area contributed by atoms with Gasteiger partial charge in [-0.3, -0.25) is 4.79 Å². The number of carboxylic acids is 1. The van der Waals surface area contributed by atoms with Crippen LogP contribution in [0.3, 0.4) is 0 Å². The number of carbonyl (C=O) groups excluding carboxylic acids is 1. The average molecular weight is 286 g/mol. The minimum absolute atomic E-state index is 0.108. The average Bonchev–Trinajstić information content (AvgIpc) is 2.44. The van der Waals surface area contributed by atoms with Gasteiger partial charge in [-0.05, 0) is 19.3 Å². The fourth-order valence-corrected chi connectivity index (χ4v) is 2.34. The van der Waals surface area contributed by atoms with Crippen molar-refractivity contribution in [3.8, 4) is 0 Å². The van der Waals surface area contributed by atoms with E-state index in [-0.39, 0.29) is 18.7 Å². The summed E-state index contributed by atoms with van der Waals surface area (Å²) >= 11 is 0. The van der Waals surface area contributed by atoms with E-state index in [4.69, 9.17) is 9.84 Å². The van der Waals surface area contributed by atoms with Gasteiger partial charge in [0, 0.05) is 33.3 Å². The van der Waals surface area contributed by atoms with Gasteiger partial charge in [0.05, 0.1) is 12.0 Å². The van der Waals surface area contributed by atoms with Crippen molar-refractivity contribution in [3.05, 3.63) is 0 Å². The number of urea groups is 1. The number of ether oxygens (including phenoxy) is 1. The summed E-state index contributed by atoms with van der Waals surface area (Å²) in [6, 6.07) is -0.108. The summed E-state index contributed by atoms with van der Waals surface area (Å²) < 4.78 is 5.71. The molecular formula is C14H26N2O4. The zero-order chi connectivity index (χ0) is 15.1. The Morgan fingerprint density at radius 3 is 2.80 bits per heavy atom. The number of likely N-dealkylation sites (tertiary alicyclic amines) is 1. The molecule has 116 valence electrons. The Kier molecular flexibility index (Phi) is 6.78. The molecule has 0 spiro atoms. The third kappa shape index (κ3) is 5.00. The van der Waals surface area contributed by atoms with Crippen LogP contribution < -0.4 is 0 Å². The summed E-state index contributed by atoms with van der Waals surface area (Å²) in [6.45, 7) is 5.94. The molecule has 0 bridgehead atoms. The molecule has 1 heterocycles. The topological polar surface area (TPSA) is 70.1 Å². The Hall–Kier alpha value is -1.30. The molecule has 1 rings (SSSR count). The lowest BCUT2D eigenvalue weighted by molar-refractivity contribution is -0.141. The fourth-order valence-electron chi connectivity index (χ4n) is 2.34. The standard InChI is InChI=1S/C14H26N2O4/c1-4-8-20-12-6-5-7-16(10-12)14(19)15(3)9-11(2)13(17)18/h11-12H,4-10H2,1-3H3,(H,17,18). The van der Waals surface area contributed by atoms with E-state index >= 15 is 0 Å². The lowest BCUT2D eigenvalue weighted by Crippen LogP contribution is -2.49. The second-order valence-corrected chi connectivity index (χ2v) is 5.48. The van der Waals surface area contributed by atoms with Crippen LogP contribution in [0, 0.1) is 5.92 Å². The quantitative estimate of drug-likeness (QED) is 0.806. The lowest BCUT2D eigenvalue weighted by atomic mass is 10.1. The zero-order valence-corrected chi connectivity index (χ0v) is 12.7. The van der Waals surface area contributed by atoms with Crippen LogP contribution in [0.4, 0.5) is 4.79 Å². The number of hydrogen-bond acceptors (Lipinski definition) is 3. The number of hydrogen-bond donors (Lipinski definition) is 1. The molecule has 20 heavy (non-hydrogen) atoms. The maximum Gasteiger partial charge on any atom is 0.319 e. The largest absolute Gasteiger partial charge is 0.481 e. The first-order valence-electron chi connectivity index (χ1n) is 7.30. The molecule has 2 atom stereocenters. The van der Waals surface area contributed by atoms with Crippen LogP contribution in [0.25, 0.3) is 0 Å². The monoisotopic (exact) mass is 286 g/mol. The minimum atomic E-state index is -0.882. The third-order valence-electron chi connectivity index (χ3n) is 3.50. The molecule has 1 saturated heterocycles. The van der Waals surface area contributed by atoms with Crippen LogP contribution in [0.1, 0.15) is 33.1 Å². The highest BCUT2D eigenvalue weighted by Crippen LogP contribution is 2.15. The van der Waals surface area contributed by atoms with Gasteiger partial charge in [-0.25, -0.2) is 4.79 Å². The first-order valence-corrected chi connectivity index (χ1v) is 7.30. The molecular weight excluding hydrogens is 260 g/mol. The Morgan fingerprint density at radius 1 is 1.50 bits per heavy atom. The van der Waals surface area contributed by atoms with Gasteiger partial charge < -0.3 is 19.6 Å². The summed E-state index contributed by atoms with van der Waals surface area (Å²) in [5, 5.41) is 8.89. The van der Waals surface area contributed by atoms with E-state index in [1.807, 2.05) is 0 Å². The molecule has 0 saturated carbocycles. The summed E-state index contributed by atoms with van der Waals surface area (Å²) in [5.41, 5.74) is 0. The van der Waals surface area contributed by atoms with E-state index < -0.39 is 11.9 Å². The molecule has 6 heteroatoms. The second-order valence-electron chi connectivity index (χ2n) is 5.48. The van der Waals surface area contributed by atoms with Crippen LogP contribution in [-0.4, -0.2) is 66.3 Å². The maximum absolute atomic E-state index is 12.3. The molecule has 0 aromatic rings. The normalized spacial score (nSPS) is 20.6. The van der Waals surface area contributed by atoms with E-state index in [0.29, 0.717) is 6.54 Å². The van der Waals surface area contributed by atoms with Gasteiger partial charge in [0.2, 0.25) is 0 Å². The van der Waals surface area contributed by atoms with Gasteiger partial charge in [-0.2, -0.15) is 0 Å². The number of nitrogens with zero attached hydrogens (tertiary/aromatic N) is 2. The zero-order valence-electron chi connectivity index (χ0n) is 12.7. The summed E-state index contributed by atoms with van der Waals surface area (Å²) in [6.07, 6.45) is 3.00. The van der Waals surface area contributed by atoms with Gasteiger partial charge in [0.25, 0.3) is 0 Å². The van der Waals surface area contributed by atoms with Crippen molar-refractivity contribution in [2.75, 3.05) is 33.3 Å². The smallest absolute Gasteiger partial charge is 0.319 e. The fraction of sp³-hybridized carbons (Fsp3) is 0.857. The Labute approximate surface area is 120 Å². The van der Waals surface area contributed by atoms with Gasteiger partial charge in [-0.15, -0.1) is 0 Å². The van der Waals surface area contributed by atoms with Crippen LogP contribution in [-0.2, 0) is 9.53 Å². The SMILES string of the molecule is CCCOC1CCCN(C(=O)N(C)CC(C)C(=O)O)C1. The number of piperidine rings is 1. The molecule has 6 nitrogen and oxygen atoms in total. The van der Waals surface area contributed by atoms with Crippen molar-refractivity contribution in [2.24, 2.45) is 5.92 Å². The van der Waals surface area contributed by atoms with E-state index in [1.165, 1.54) is 4.90 Å². The second kappa shape index (κ2) is 8.09. The van der Waals surface area contributed by atoms with Gasteiger partial charge in [0.1, 0.15) is 0 Å². The van der Waals surface area contributed by atoms with Gasteiger partial charge in [0.15, 0.2) is 0 Å². The van der Waals surface area contributed by atoms with E-state index in [9.17, 15) is 9.59 Å². The number of carbonyl (C=O) groups is 2.